The Hall–Kier alpha value is -2.54. The Morgan fingerprint density at radius 1 is 1.17 bits per heavy atom. The number of thiazole rings is 1. The molecular weight excluding hydrogens is 432 g/mol. The predicted octanol–water partition coefficient (Wildman–Crippen LogP) is 6.29. The van der Waals surface area contributed by atoms with Crippen molar-refractivity contribution in [3.63, 3.8) is 0 Å². The summed E-state index contributed by atoms with van der Waals surface area (Å²) in [5.74, 6) is -0.878. The summed E-state index contributed by atoms with van der Waals surface area (Å²) in [5, 5.41) is 1.16. The Kier molecular flexibility index (Phi) is 5.50. The van der Waals surface area contributed by atoms with E-state index in [1.807, 2.05) is 25.1 Å². The number of pyridine rings is 1. The average Bonchev–Trinajstić information content (AvgIpc) is 3.14. The number of carbonyl (C=O) groups is 1. The molecule has 2 heterocycles. The second-order valence-electron chi connectivity index (χ2n) is 6.39. The summed E-state index contributed by atoms with van der Waals surface area (Å²) in [6.07, 6.45) is 3.34. The van der Waals surface area contributed by atoms with Crippen LogP contribution in [0.15, 0.2) is 54.9 Å². The molecule has 0 aliphatic carbocycles. The van der Waals surface area contributed by atoms with Gasteiger partial charge in [-0.05, 0) is 54.4 Å². The number of benzene rings is 2. The standard InChI is InChI=1S/C21H14Cl2FN3OS/c1-12-16(22)6-7-18-19(12)26-21(29-18)27(11-13-3-2-8-25-10-13)20(28)15-5-4-14(24)9-17(15)23/h2-10H,11H2,1H3. The SMILES string of the molecule is Cc1c(Cl)ccc2sc(N(Cc3cccnc3)C(=O)c3ccc(F)cc3Cl)nc12. The Bertz CT molecular complexity index is 1210. The van der Waals surface area contributed by atoms with Crippen molar-refractivity contribution in [1.82, 2.24) is 9.97 Å². The van der Waals surface area contributed by atoms with Crippen molar-refractivity contribution >= 4 is 55.8 Å². The molecule has 0 spiro atoms. The molecule has 0 N–H and O–H groups in total. The molecule has 0 aliphatic rings. The summed E-state index contributed by atoms with van der Waals surface area (Å²) in [4.78, 5) is 23.6. The third-order valence-corrected chi connectivity index (χ3v) is 6.20. The van der Waals surface area contributed by atoms with Gasteiger partial charge in [0.15, 0.2) is 5.13 Å². The first-order valence-corrected chi connectivity index (χ1v) is 10.2. The fraction of sp³-hybridized carbons (Fsp3) is 0.0952. The van der Waals surface area contributed by atoms with Gasteiger partial charge in [0.1, 0.15) is 5.82 Å². The largest absolute Gasteiger partial charge is 0.279 e. The van der Waals surface area contributed by atoms with Crippen molar-refractivity contribution in [3.8, 4) is 0 Å². The van der Waals surface area contributed by atoms with Gasteiger partial charge in [-0.15, -0.1) is 0 Å². The molecule has 0 unspecified atom stereocenters. The van der Waals surface area contributed by atoms with Gasteiger partial charge in [-0.2, -0.15) is 0 Å². The van der Waals surface area contributed by atoms with Gasteiger partial charge in [0.05, 0.1) is 27.3 Å². The van der Waals surface area contributed by atoms with Gasteiger partial charge in [-0.1, -0.05) is 40.6 Å². The zero-order valence-corrected chi connectivity index (χ0v) is 17.5. The smallest absolute Gasteiger partial charge is 0.261 e. The molecule has 2 aromatic heterocycles. The first kappa shape index (κ1) is 19.8. The van der Waals surface area contributed by atoms with E-state index in [1.165, 1.54) is 28.4 Å². The molecule has 29 heavy (non-hydrogen) atoms. The fourth-order valence-electron chi connectivity index (χ4n) is 2.91. The van der Waals surface area contributed by atoms with Gasteiger partial charge < -0.3 is 0 Å². The van der Waals surface area contributed by atoms with Gasteiger partial charge in [0, 0.05) is 17.4 Å². The number of hydrogen-bond donors (Lipinski definition) is 0. The van der Waals surface area contributed by atoms with Crippen LogP contribution in [0.4, 0.5) is 9.52 Å². The lowest BCUT2D eigenvalue weighted by molar-refractivity contribution is 0.0985. The van der Waals surface area contributed by atoms with Crippen LogP contribution in [0, 0.1) is 12.7 Å². The molecule has 0 fully saturated rings. The number of halogens is 3. The summed E-state index contributed by atoms with van der Waals surface area (Å²) in [6.45, 7) is 2.13. The van der Waals surface area contributed by atoms with E-state index in [-0.39, 0.29) is 23.0 Å². The van der Waals surface area contributed by atoms with Crippen LogP contribution in [0.1, 0.15) is 21.5 Å². The van der Waals surface area contributed by atoms with Crippen molar-refractivity contribution in [2.45, 2.75) is 13.5 Å². The topological polar surface area (TPSA) is 46.1 Å². The number of nitrogens with zero attached hydrogens (tertiary/aromatic N) is 3. The highest BCUT2D eigenvalue weighted by Crippen LogP contribution is 2.35. The molecule has 4 aromatic rings. The van der Waals surface area contributed by atoms with Gasteiger partial charge in [-0.3, -0.25) is 14.7 Å². The Labute approximate surface area is 180 Å². The predicted molar refractivity (Wildman–Crippen MR) is 116 cm³/mol. The highest BCUT2D eigenvalue weighted by Gasteiger charge is 2.24. The second-order valence-corrected chi connectivity index (χ2v) is 8.22. The average molecular weight is 446 g/mol. The zero-order chi connectivity index (χ0) is 20.5. The minimum atomic E-state index is -0.504. The molecule has 4 nitrogen and oxygen atoms in total. The zero-order valence-electron chi connectivity index (χ0n) is 15.2. The van der Waals surface area contributed by atoms with Gasteiger partial charge >= 0.3 is 0 Å². The fourth-order valence-corrected chi connectivity index (χ4v) is 4.34. The van der Waals surface area contributed by atoms with Crippen LogP contribution >= 0.6 is 34.5 Å². The molecule has 0 saturated heterocycles. The van der Waals surface area contributed by atoms with E-state index in [9.17, 15) is 9.18 Å². The maximum absolute atomic E-state index is 13.5. The number of anilines is 1. The lowest BCUT2D eigenvalue weighted by Gasteiger charge is -2.20. The molecule has 0 atom stereocenters. The number of aromatic nitrogens is 2. The number of amides is 1. The molecule has 0 radical (unpaired) electrons. The molecular formula is C21H14Cl2FN3OS. The van der Waals surface area contributed by atoms with E-state index in [4.69, 9.17) is 23.2 Å². The normalized spacial score (nSPS) is 11.0. The van der Waals surface area contributed by atoms with Gasteiger partial charge in [-0.25, -0.2) is 9.37 Å². The summed E-state index contributed by atoms with van der Waals surface area (Å²) in [6, 6.07) is 11.1. The highest BCUT2D eigenvalue weighted by atomic mass is 35.5. The van der Waals surface area contributed by atoms with Crippen LogP contribution in [0.2, 0.25) is 10.0 Å². The van der Waals surface area contributed by atoms with Crippen molar-refractivity contribution < 1.29 is 9.18 Å². The number of aryl methyl sites for hydroxylation is 1. The van der Waals surface area contributed by atoms with Crippen LogP contribution < -0.4 is 4.90 Å². The maximum Gasteiger partial charge on any atom is 0.261 e. The van der Waals surface area contributed by atoms with Crippen molar-refractivity contribution in [2.75, 3.05) is 4.90 Å². The van der Waals surface area contributed by atoms with Crippen LogP contribution in [-0.4, -0.2) is 15.9 Å². The van der Waals surface area contributed by atoms with E-state index >= 15 is 0 Å². The highest BCUT2D eigenvalue weighted by molar-refractivity contribution is 7.22. The van der Waals surface area contributed by atoms with E-state index < -0.39 is 5.82 Å². The van der Waals surface area contributed by atoms with E-state index in [2.05, 4.69) is 9.97 Å². The summed E-state index contributed by atoms with van der Waals surface area (Å²) >= 11 is 13.7. The first-order chi connectivity index (χ1) is 13.9. The number of rotatable bonds is 4. The molecule has 146 valence electrons. The first-order valence-electron chi connectivity index (χ1n) is 8.65. The van der Waals surface area contributed by atoms with Crippen molar-refractivity contribution in [2.24, 2.45) is 0 Å². The van der Waals surface area contributed by atoms with E-state index in [0.29, 0.717) is 10.2 Å². The van der Waals surface area contributed by atoms with Crippen molar-refractivity contribution in [1.29, 1.82) is 0 Å². The maximum atomic E-state index is 13.5. The number of hydrogen-bond acceptors (Lipinski definition) is 4. The van der Waals surface area contributed by atoms with Crippen LogP contribution in [-0.2, 0) is 6.54 Å². The number of carbonyl (C=O) groups excluding carboxylic acids is 1. The molecule has 2 aromatic carbocycles. The van der Waals surface area contributed by atoms with E-state index in [1.54, 1.807) is 18.5 Å². The Morgan fingerprint density at radius 2 is 2.00 bits per heavy atom. The molecule has 0 saturated carbocycles. The van der Waals surface area contributed by atoms with Gasteiger partial charge in [0.2, 0.25) is 0 Å². The van der Waals surface area contributed by atoms with Gasteiger partial charge in [0.25, 0.3) is 5.91 Å². The van der Waals surface area contributed by atoms with Crippen LogP contribution in [0.5, 0.6) is 0 Å². The lowest BCUT2D eigenvalue weighted by atomic mass is 10.2. The number of fused-ring (bicyclic) bond motifs is 1. The Morgan fingerprint density at radius 3 is 2.72 bits per heavy atom. The quantitative estimate of drug-likeness (QED) is 0.370. The third kappa shape index (κ3) is 3.96. The monoisotopic (exact) mass is 445 g/mol. The molecule has 1 amide bonds. The third-order valence-electron chi connectivity index (χ3n) is 4.44. The molecule has 0 aliphatic heterocycles. The molecule has 4 rings (SSSR count). The van der Waals surface area contributed by atoms with Crippen molar-refractivity contribution in [3.05, 3.63) is 87.4 Å². The van der Waals surface area contributed by atoms with Crippen LogP contribution in [0.25, 0.3) is 10.2 Å². The molecule has 8 heteroatoms. The summed E-state index contributed by atoms with van der Waals surface area (Å²) in [5.41, 5.74) is 2.62. The molecule has 0 bridgehead atoms. The minimum Gasteiger partial charge on any atom is -0.279 e. The summed E-state index contributed by atoms with van der Waals surface area (Å²) in [7, 11) is 0. The Balaban J connectivity index is 1.82. The second kappa shape index (κ2) is 8.06. The minimum absolute atomic E-state index is 0.0477. The summed E-state index contributed by atoms with van der Waals surface area (Å²) < 4.78 is 14.4. The van der Waals surface area contributed by atoms with E-state index in [0.717, 1.165) is 27.4 Å². The van der Waals surface area contributed by atoms with Crippen LogP contribution in [0.3, 0.4) is 0 Å². The lowest BCUT2D eigenvalue weighted by Crippen LogP contribution is -2.30.